The molecule has 0 atom stereocenters. The van der Waals surface area contributed by atoms with Crippen molar-refractivity contribution in [1.29, 1.82) is 0 Å². The number of amides is 4. The van der Waals surface area contributed by atoms with Gasteiger partial charge in [0.05, 0.1) is 0 Å². The second-order valence-electron chi connectivity index (χ2n) is 9.97. The molecular weight excluding hydrogens is 480 g/mol. The van der Waals surface area contributed by atoms with Crippen LogP contribution in [-0.4, -0.2) is 23.6 Å². The summed E-state index contributed by atoms with van der Waals surface area (Å²) in [7, 11) is 0. The fourth-order valence-corrected chi connectivity index (χ4v) is 4.14. The summed E-state index contributed by atoms with van der Waals surface area (Å²) in [5, 5.41) is 11.6. The van der Waals surface area contributed by atoms with E-state index in [1.54, 1.807) is 48.5 Å². The van der Waals surface area contributed by atoms with Crippen molar-refractivity contribution in [3.63, 3.8) is 0 Å². The number of nitrogens with one attached hydrogen (secondary N) is 4. The van der Waals surface area contributed by atoms with Gasteiger partial charge >= 0.3 is 0 Å². The molecule has 0 unspecified atom stereocenters. The highest BCUT2D eigenvalue weighted by atomic mass is 16.2. The molecule has 0 saturated heterocycles. The molecular formula is C30H30N4O4. The first kappa shape index (κ1) is 25.2. The summed E-state index contributed by atoms with van der Waals surface area (Å²) < 4.78 is 0. The summed E-state index contributed by atoms with van der Waals surface area (Å²) in [6, 6.07) is 17.1. The molecule has 0 aliphatic heterocycles. The summed E-state index contributed by atoms with van der Waals surface area (Å²) in [6.07, 6.45) is 3.67. The van der Waals surface area contributed by atoms with Crippen molar-refractivity contribution in [1.82, 2.24) is 0 Å². The number of carbonyl (C=O) groups is 4. The molecule has 3 aromatic carbocycles. The number of rotatable bonds is 8. The van der Waals surface area contributed by atoms with Gasteiger partial charge in [0.1, 0.15) is 0 Å². The Balaban J connectivity index is 1.22. The third kappa shape index (κ3) is 5.75. The van der Waals surface area contributed by atoms with E-state index < -0.39 is 0 Å². The summed E-state index contributed by atoms with van der Waals surface area (Å²) >= 11 is 0. The minimum atomic E-state index is -0.319. The quantitative estimate of drug-likeness (QED) is 0.320. The van der Waals surface area contributed by atoms with Gasteiger partial charge in [0.15, 0.2) is 0 Å². The van der Waals surface area contributed by atoms with E-state index in [4.69, 9.17) is 0 Å². The Hall–Kier alpha value is -4.46. The van der Waals surface area contributed by atoms with Crippen molar-refractivity contribution < 1.29 is 19.2 Å². The van der Waals surface area contributed by atoms with Crippen molar-refractivity contribution in [3.8, 4) is 0 Å². The van der Waals surface area contributed by atoms with E-state index in [9.17, 15) is 19.2 Å². The van der Waals surface area contributed by atoms with Gasteiger partial charge in [-0.3, -0.25) is 19.2 Å². The van der Waals surface area contributed by atoms with Crippen molar-refractivity contribution >= 4 is 46.4 Å². The lowest BCUT2D eigenvalue weighted by Crippen LogP contribution is -2.17. The minimum Gasteiger partial charge on any atom is -0.326 e. The maximum atomic E-state index is 12.9. The molecule has 2 aliphatic rings. The normalized spacial score (nSPS) is 14.4. The van der Waals surface area contributed by atoms with Crippen molar-refractivity contribution in [2.24, 2.45) is 11.8 Å². The summed E-state index contributed by atoms with van der Waals surface area (Å²) in [5.74, 6) is -0.444. The van der Waals surface area contributed by atoms with Crippen LogP contribution in [0.4, 0.5) is 22.7 Å². The smallest absolute Gasteiger partial charge is 0.255 e. The molecule has 3 aromatic rings. The number of hydrogen-bond donors (Lipinski definition) is 4. The first-order valence-corrected chi connectivity index (χ1v) is 12.8. The number of carbonyl (C=O) groups excluding carboxylic acids is 4. The van der Waals surface area contributed by atoms with Crippen molar-refractivity contribution in [2.75, 3.05) is 21.3 Å². The van der Waals surface area contributed by atoms with E-state index in [0.29, 0.717) is 33.9 Å². The summed E-state index contributed by atoms with van der Waals surface area (Å²) in [5.41, 5.74) is 4.91. The largest absolute Gasteiger partial charge is 0.326 e. The predicted molar refractivity (Wildman–Crippen MR) is 147 cm³/mol. The Morgan fingerprint density at radius 3 is 1.16 bits per heavy atom. The minimum absolute atomic E-state index is 0.00960. The maximum Gasteiger partial charge on any atom is 0.255 e. The molecule has 0 spiro atoms. The number of benzene rings is 3. The van der Waals surface area contributed by atoms with E-state index in [0.717, 1.165) is 36.8 Å². The van der Waals surface area contributed by atoms with E-state index in [-0.39, 0.29) is 35.5 Å². The molecule has 0 bridgehead atoms. The van der Waals surface area contributed by atoms with Crippen LogP contribution in [0.15, 0.2) is 60.7 Å². The van der Waals surface area contributed by atoms with E-state index in [2.05, 4.69) is 21.3 Å². The fraction of sp³-hybridized carbons (Fsp3) is 0.267. The zero-order chi connectivity index (χ0) is 26.8. The van der Waals surface area contributed by atoms with Crippen LogP contribution in [0.5, 0.6) is 0 Å². The second kappa shape index (κ2) is 10.5. The number of hydrogen-bond acceptors (Lipinski definition) is 4. The Morgan fingerprint density at radius 1 is 0.526 bits per heavy atom. The molecule has 2 saturated carbocycles. The monoisotopic (exact) mass is 510 g/mol. The fourth-order valence-electron chi connectivity index (χ4n) is 4.14. The average Bonchev–Trinajstić information content (AvgIpc) is 3.81. The van der Waals surface area contributed by atoms with Crippen LogP contribution >= 0.6 is 0 Å². The molecule has 8 heteroatoms. The first-order chi connectivity index (χ1) is 18.3. The average molecular weight is 511 g/mol. The van der Waals surface area contributed by atoms with Crippen LogP contribution in [0.25, 0.3) is 0 Å². The molecule has 4 amide bonds. The topological polar surface area (TPSA) is 116 Å². The third-order valence-corrected chi connectivity index (χ3v) is 6.99. The van der Waals surface area contributed by atoms with Gasteiger partial charge in [-0.05, 0) is 99.2 Å². The lowest BCUT2D eigenvalue weighted by atomic mass is 10.1. The van der Waals surface area contributed by atoms with Crippen LogP contribution in [0.2, 0.25) is 0 Å². The molecule has 0 aromatic heterocycles. The molecule has 4 N–H and O–H groups in total. The standard InChI is InChI=1S/C30H30N4O4/c1-17-23(31-27(35)19-9-10-19)5-3-7-25(17)33-29(37)21-13-15-22(16-14-21)30(38)34-26-8-4-6-24(18(26)2)32-28(36)20-11-12-20/h3-8,13-16,19-20H,9-12H2,1-2H3,(H,31,35)(H,32,36)(H,33,37)(H,34,38). The molecule has 194 valence electrons. The van der Waals surface area contributed by atoms with Crippen LogP contribution in [0.3, 0.4) is 0 Å². The van der Waals surface area contributed by atoms with Gasteiger partial charge < -0.3 is 21.3 Å². The number of anilines is 4. The SMILES string of the molecule is Cc1c(NC(=O)c2ccc(C(=O)Nc3cccc(NC(=O)C4CC4)c3C)cc2)cccc1NC(=O)C1CC1. The predicted octanol–water partition coefficient (Wildman–Crippen LogP) is 5.51. The zero-order valence-electron chi connectivity index (χ0n) is 21.4. The molecule has 2 aliphatic carbocycles. The van der Waals surface area contributed by atoms with Gasteiger partial charge in [-0.1, -0.05) is 12.1 Å². The van der Waals surface area contributed by atoms with Crippen molar-refractivity contribution in [3.05, 3.63) is 82.9 Å². The van der Waals surface area contributed by atoms with Crippen LogP contribution in [0, 0.1) is 25.7 Å². The molecule has 8 nitrogen and oxygen atoms in total. The maximum absolute atomic E-state index is 12.9. The van der Waals surface area contributed by atoms with Crippen LogP contribution in [0.1, 0.15) is 57.5 Å². The van der Waals surface area contributed by atoms with Crippen LogP contribution in [-0.2, 0) is 9.59 Å². The second-order valence-corrected chi connectivity index (χ2v) is 9.97. The van der Waals surface area contributed by atoms with Crippen molar-refractivity contribution in [2.45, 2.75) is 39.5 Å². The Morgan fingerprint density at radius 2 is 0.842 bits per heavy atom. The molecule has 5 rings (SSSR count). The van der Waals surface area contributed by atoms with Gasteiger partial charge in [0.25, 0.3) is 11.8 Å². The third-order valence-electron chi connectivity index (χ3n) is 6.99. The highest BCUT2D eigenvalue weighted by molar-refractivity contribution is 6.08. The van der Waals surface area contributed by atoms with E-state index in [1.165, 1.54) is 0 Å². The lowest BCUT2D eigenvalue weighted by molar-refractivity contribution is -0.118. The summed E-state index contributed by atoms with van der Waals surface area (Å²) in [6.45, 7) is 3.69. The van der Waals surface area contributed by atoms with Gasteiger partial charge in [-0.25, -0.2) is 0 Å². The van der Waals surface area contributed by atoms with E-state index in [1.807, 2.05) is 26.0 Å². The Kier molecular flexibility index (Phi) is 6.96. The van der Waals surface area contributed by atoms with Crippen LogP contribution < -0.4 is 21.3 Å². The highest BCUT2D eigenvalue weighted by Crippen LogP contribution is 2.33. The summed E-state index contributed by atoms with van der Waals surface area (Å²) in [4.78, 5) is 50.0. The lowest BCUT2D eigenvalue weighted by Gasteiger charge is -2.14. The molecule has 0 heterocycles. The first-order valence-electron chi connectivity index (χ1n) is 12.8. The van der Waals surface area contributed by atoms with Gasteiger partial charge in [-0.2, -0.15) is 0 Å². The molecule has 0 radical (unpaired) electrons. The molecule has 38 heavy (non-hydrogen) atoms. The van der Waals surface area contributed by atoms with Gasteiger partial charge in [0.2, 0.25) is 11.8 Å². The highest BCUT2D eigenvalue weighted by Gasteiger charge is 2.30. The molecule has 2 fully saturated rings. The zero-order valence-corrected chi connectivity index (χ0v) is 21.4. The Bertz CT molecular complexity index is 1310. The van der Waals surface area contributed by atoms with Gasteiger partial charge in [0, 0.05) is 45.7 Å². The Labute approximate surface area is 221 Å². The van der Waals surface area contributed by atoms with E-state index >= 15 is 0 Å². The van der Waals surface area contributed by atoms with Gasteiger partial charge in [-0.15, -0.1) is 0 Å².